The molecule has 0 amide bonds. The molecule has 0 saturated heterocycles. The minimum atomic E-state index is 0.640. The Bertz CT molecular complexity index is 677. The lowest BCUT2D eigenvalue weighted by molar-refractivity contribution is 0.171. The molecule has 0 N–H and O–H groups in total. The summed E-state index contributed by atoms with van der Waals surface area (Å²) in [6.45, 7) is 1.28. The first kappa shape index (κ1) is 13.2. The van der Waals surface area contributed by atoms with E-state index in [0.717, 1.165) is 28.3 Å². The molecule has 2 aliphatic rings. The predicted molar refractivity (Wildman–Crippen MR) is 86.4 cm³/mol. The van der Waals surface area contributed by atoms with E-state index >= 15 is 0 Å². The van der Waals surface area contributed by atoms with Crippen molar-refractivity contribution < 1.29 is 9.47 Å². The zero-order valence-electron chi connectivity index (χ0n) is 11.8. The van der Waals surface area contributed by atoms with Crippen LogP contribution in [-0.4, -0.2) is 13.2 Å². The Labute approximate surface area is 133 Å². The molecule has 1 aliphatic heterocycles. The minimum absolute atomic E-state index is 0.640. The molecule has 1 heterocycles. The third-order valence-electron chi connectivity index (χ3n) is 4.12. The average Bonchev–Trinajstić information content (AvgIpc) is 3.32. The van der Waals surface area contributed by atoms with Gasteiger partial charge in [-0.15, -0.1) is 0 Å². The van der Waals surface area contributed by atoms with Crippen molar-refractivity contribution in [2.75, 3.05) is 13.2 Å². The van der Waals surface area contributed by atoms with E-state index in [0.29, 0.717) is 13.2 Å². The molecule has 21 heavy (non-hydrogen) atoms. The van der Waals surface area contributed by atoms with E-state index in [9.17, 15) is 0 Å². The fourth-order valence-corrected chi connectivity index (χ4v) is 3.35. The second-order valence-electron chi connectivity index (χ2n) is 5.77. The number of fused-ring (bicyclic) bond motifs is 1. The second kappa shape index (κ2) is 5.38. The van der Waals surface area contributed by atoms with Crippen LogP contribution in [0.15, 0.2) is 40.9 Å². The Balaban J connectivity index is 1.65. The lowest BCUT2D eigenvalue weighted by atomic mass is 9.97. The highest BCUT2D eigenvalue weighted by Crippen LogP contribution is 2.43. The molecule has 2 aromatic rings. The largest absolute Gasteiger partial charge is 0.486 e. The summed E-state index contributed by atoms with van der Waals surface area (Å²) < 4.78 is 12.4. The van der Waals surface area contributed by atoms with Gasteiger partial charge in [0.1, 0.15) is 13.2 Å². The summed E-state index contributed by atoms with van der Waals surface area (Å²) in [6.07, 6.45) is 3.60. The van der Waals surface area contributed by atoms with Crippen LogP contribution >= 0.6 is 15.9 Å². The third kappa shape index (κ3) is 2.80. The normalized spacial score (nSPS) is 16.8. The molecule has 4 rings (SSSR count). The molecule has 0 spiro atoms. The van der Waals surface area contributed by atoms with Gasteiger partial charge in [-0.1, -0.05) is 28.1 Å². The highest BCUT2D eigenvalue weighted by Gasteiger charge is 2.26. The molecule has 0 aromatic heterocycles. The Morgan fingerprint density at radius 3 is 2.57 bits per heavy atom. The van der Waals surface area contributed by atoms with Crippen LogP contribution in [0.1, 0.15) is 35.4 Å². The van der Waals surface area contributed by atoms with Gasteiger partial charge >= 0.3 is 0 Å². The van der Waals surface area contributed by atoms with E-state index in [1.807, 2.05) is 6.07 Å². The molecule has 0 bridgehead atoms. The summed E-state index contributed by atoms with van der Waals surface area (Å²) in [5.41, 5.74) is 4.20. The van der Waals surface area contributed by atoms with E-state index in [4.69, 9.17) is 9.47 Å². The lowest BCUT2D eigenvalue weighted by Gasteiger charge is -2.19. The van der Waals surface area contributed by atoms with Crippen molar-refractivity contribution in [3.63, 3.8) is 0 Å². The average molecular weight is 345 g/mol. The van der Waals surface area contributed by atoms with Gasteiger partial charge in [-0.3, -0.25) is 0 Å². The lowest BCUT2D eigenvalue weighted by Crippen LogP contribution is -2.15. The first-order valence-electron chi connectivity index (χ1n) is 7.46. The maximum atomic E-state index is 5.68. The zero-order chi connectivity index (χ0) is 14.2. The van der Waals surface area contributed by atoms with Crippen molar-refractivity contribution in [3.05, 3.63) is 57.6 Å². The standard InChI is InChI=1S/C18H17BrO2/c19-15-4-5-16(13-2-3-13)14(11-15)9-12-1-6-17-18(10-12)21-8-7-20-17/h1,4-6,10-11,13H,2-3,7-9H2. The number of hydrogen-bond acceptors (Lipinski definition) is 2. The van der Waals surface area contributed by atoms with Gasteiger partial charge in [-0.2, -0.15) is 0 Å². The molecule has 0 radical (unpaired) electrons. The Morgan fingerprint density at radius 1 is 0.952 bits per heavy atom. The van der Waals surface area contributed by atoms with E-state index < -0.39 is 0 Å². The molecule has 108 valence electrons. The fraction of sp³-hybridized carbons (Fsp3) is 0.333. The van der Waals surface area contributed by atoms with Crippen molar-refractivity contribution in [1.82, 2.24) is 0 Å². The zero-order valence-corrected chi connectivity index (χ0v) is 13.4. The summed E-state index contributed by atoms with van der Waals surface area (Å²) >= 11 is 3.59. The first-order chi connectivity index (χ1) is 10.3. The number of hydrogen-bond donors (Lipinski definition) is 0. The van der Waals surface area contributed by atoms with Crippen molar-refractivity contribution in [1.29, 1.82) is 0 Å². The topological polar surface area (TPSA) is 18.5 Å². The number of halogens is 1. The van der Waals surface area contributed by atoms with Crippen LogP contribution in [0.4, 0.5) is 0 Å². The molecular formula is C18H17BrO2. The highest BCUT2D eigenvalue weighted by molar-refractivity contribution is 9.10. The maximum Gasteiger partial charge on any atom is 0.161 e. The van der Waals surface area contributed by atoms with Gasteiger partial charge in [0.25, 0.3) is 0 Å². The second-order valence-corrected chi connectivity index (χ2v) is 6.69. The van der Waals surface area contributed by atoms with E-state index in [1.165, 1.54) is 29.5 Å². The van der Waals surface area contributed by atoms with Gasteiger partial charge in [0.2, 0.25) is 0 Å². The van der Waals surface area contributed by atoms with Crippen molar-refractivity contribution in [2.24, 2.45) is 0 Å². The number of benzene rings is 2. The van der Waals surface area contributed by atoms with Gasteiger partial charge in [-0.25, -0.2) is 0 Å². The van der Waals surface area contributed by atoms with Crippen LogP contribution in [0.5, 0.6) is 11.5 Å². The van der Waals surface area contributed by atoms with Crippen LogP contribution in [-0.2, 0) is 6.42 Å². The van der Waals surface area contributed by atoms with Crippen molar-refractivity contribution in [2.45, 2.75) is 25.2 Å². The van der Waals surface area contributed by atoms with Crippen LogP contribution in [0.2, 0.25) is 0 Å². The summed E-state index contributed by atoms with van der Waals surface area (Å²) in [6, 6.07) is 13.0. The molecule has 2 nitrogen and oxygen atoms in total. The van der Waals surface area contributed by atoms with E-state index in [-0.39, 0.29) is 0 Å². The predicted octanol–water partition coefficient (Wildman–Crippen LogP) is 4.69. The van der Waals surface area contributed by atoms with Gasteiger partial charge in [0, 0.05) is 4.47 Å². The fourth-order valence-electron chi connectivity index (χ4n) is 2.94. The summed E-state index contributed by atoms with van der Waals surface area (Å²) in [7, 11) is 0. The third-order valence-corrected chi connectivity index (χ3v) is 4.62. The van der Waals surface area contributed by atoms with Gasteiger partial charge in [0.15, 0.2) is 11.5 Å². The molecule has 0 atom stereocenters. The van der Waals surface area contributed by atoms with Gasteiger partial charge in [-0.05, 0) is 66.1 Å². The Hall–Kier alpha value is -1.48. The van der Waals surface area contributed by atoms with Crippen molar-refractivity contribution in [3.8, 4) is 11.5 Å². The molecule has 3 heteroatoms. The molecule has 2 aromatic carbocycles. The molecule has 1 fully saturated rings. The minimum Gasteiger partial charge on any atom is -0.486 e. The molecular weight excluding hydrogens is 328 g/mol. The Morgan fingerprint density at radius 2 is 1.76 bits per heavy atom. The van der Waals surface area contributed by atoms with Crippen LogP contribution in [0, 0.1) is 0 Å². The maximum absolute atomic E-state index is 5.68. The molecule has 1 saturated carbocycles. The van der Waals surface area contributed by atoms with Crippen LogP contribution in [0.25, 0.3) is 0 Å². The molecule has 1 aliphatic carbocycles. The Kier molecular flexibility index (Phi) is 3.38. The van der Waals surface area contributed by atoms with Crippen LogP contribution < -0.4 is 9.47 Å². The first-order valence-corrected chi connectivity index (χ1v) is 8.26. The SMILES string of the molecule is Brc1ccc(C2CC2)c(Cc2ccc3c(c2)OCCO3)c1. The van der Waals surface area contributed by atoms with E-state index in [1.54, 1.807) is 0 Å². The van der Waals surface area contributed by atoms with E-state index in [2.05, 4.69) is 46.3 Å². The number of rotatable bonds is 3. The van der Waals surface area contributed by atoms with Crippen LogP contribution in [0.3, 0.4) is 0 Å². The highest BCUT2D eigenvalue weighted by atomic mass is 79.9. The van der Waals surface area contributed by atoms with Gasteiger partial charge in [0.05, 0.1) is 0 Å². The quantitative estimate of drug-likeness (QED) is 0.804. The van der Waals surface area contributed by atoms with Gasteiger partial charge < -0.3 is 9.47 Å². The smallest absolute Gasteiger partial charge is 0.161 e. The molecule has 0 unspecified atom stereocenters. The summed E-state index contributed by atoms with van der Waals surface area (Å²) in [4.78, 5) is 0. The monoisotopic (exact) mass is 344 g/mol. The summed E-state index contributed by atoms with van der Waals surface area (Å²) in [5, 5.41) is 0. The number of ether oxygens (including phenoxy) is 2. The summed E-state index contributed by atoms with van der Waals surface area (Å²) in [5.74, 6) is 2.51. The van der Waals surface area contributed by atoms with Crippen molar-refractivity contribution >= 4 is 15.9 Å².